The first-order valence-electron chi connectivity index (χ1n) is 7.61. The Bertz CT molecular complexity index is 1040. The second-order valence-corrected chi connectivity index (χ2v) is 6.80. The molecule has 0 fully saturated rings. The van der Waals surface area contributed by atoms with E-state index in [2.05, 4.69) is 20.3 Å². The minimum absolute atomic E-state index is 0.0873. The van der Waals surface area contributed by atoms with E-state index in [4.69, 9.17) is 11.6 Å². The van der Waals surface area contributed by atoms with Crippen molar-refractivity contribution in [1.29, 1.82) is 0 Å². The van der Waals surface area contributed by atoms with Crippen LogP contribution in [0.4, 0.5) is 5.13 Å². The molecule has 3 heterocycles. The molecular formula is C18H13ClN4OS. The Morgan fingerprint density at radius 3 is 2.96 bits per heavy atom. The maximum absolute atomic E-state index is 12.2. The summed E-state index contributed by atoms with van der Waals surface area (Å²) in [6, 6.07) is 11.5. The first-order valence-corrected chi connectivity index (χ1v) is 8.87. The van der Waals surface area contributed by atoms with Crippen LogP contribution >= 0.6 is 22.9 Å². The predicted octanol–water partition coefficient (Wildman–Crippen LogP) is 4.52. The van der Waals surface area contributed by atoms with E-state index in [-0.39, 0.29) is 5.91 Å². The largest absolute Gasteiger partial charge is 0.345 e. The normalized spacial score (nSPS) is 10.9. The van der Waals surface area contributed by atoms with E-state index in [0.717, 1.165) is 27.9 Å². The van der Waals surface area contributed by atoms with Gasteiger partial charge in [0.05, 0.1) is 17.1 Å². The lowest BCUT2D eigenvalue weighted by atomic mass is 10.1. The number of H-pyrrole nitrogens is 1. The quantitative estimate of drug-likeness (QED) is 0.556. The topological polar surface area (TPSA) is 70.7 Å². The van der Waals surface area contributed by atoms with Gasteiger partial charge in [0.1, 0.15) is 5.65 Å². The molecule has 0 saturated carbocycles. The number of thiazole rings is 1. The van der Waals surface area contributed by atoms with E-state index in [1.54, 1.807) is 6.20 Å². The molecular weight excluding hydrogens is 356 g/mol. The fourth-order valence-corrected chi connectivity index (χ4v) is 3.47. The van der Waals surface area contributed by atoms with Crippen molar-refractivity contribution >= 4 is 45.0 Å². The zero-order chi connectivity index (χ0) is 17.2. The van der Waals surface area contributed by atoms with Crippen molar-refractivity contribution in [3.05, 3.63) is 64.8 Å². The van der Waals surface area contributed by atoms with Gasteiger partial charge >= 0.3 is 0 Å². The molecule has 0 unspecified atom stereocenters. The minimum Gasteiger partial charge on any atom is -0.345 e. The second kappa shape index (κ2) is 6.66. The molecule has 0 saturated heterocycles. The Morgan fingerprint density at radius 2 is 2.12 bits per heavy atom. The van der Waals surface area contributed by atoms with Crippen LogP contribution in [0.5, 0.6) is 0 Å². The van der Waals surface area contributed by atoms with Gasteiger partial charge in [0.25, 0.3) is 0 Å². The summed E-state index contributed by atoms with van der Waals surface area (Å²) in [5.41, 5.74) is 3.40. The number of aromatic amines is 1. The first-order chi connectivity index (χ1) is 12.2. The van der Waals surface area contributed by atoms with E-state index in [0.29, 0.717) is 16.6 Å². The first kappa shape index (κ1) is 15.8. The number of hydrogen-bond acceptors (Lipinski definition) is 4. The van der Waals surface area contributed by atoms with Crippen LogP contribution in [0.25, 0.3) is 22.3 Å². The number of carbonyl (C=O) groups is 1. The molecule has 25 heavy (non-hydrogen) atoms. The molecule has 0 radical (unpaired) electrons. The maximum Gasteiger partial charge on any atom is 0.230 e. The summed E-state index contributed by atoms with van der Waals surface area (Å²) in [6.45, 7) is 0. The van der Waals surface area contributed by atoms with Gasteiger partial charge in [-0.25, -0.2) is 9.97 Å². The standard InChI is InChI=1S/C18H13ClN4OS/c19-12-7-13-14(9-21-17(13)20-8-12)15-10-25-18(22-15)23-16(24)6-11-4-2-1-3-5-11/h1-5,7-10H,6H2,(H,20,21)(H,22,23,24). The number of pyridine rings is 1. The van der Waals surface area contributed by atoms with Crippen molar-refractivity contribution in [2.75, 3.05) is 5.32 Å². The Labute approximate surface area is 152 Å². The van der Waals surface area contributed by atoms with Crippen LogP contribution in [0.1, 0.15) is 5.56 Å². The van der Waals surface area contributed by atoms with Crippen LogP contribution < -0.4 is 5.32 Å². The monoisotopic (exact) mass is 368 g/mol. The molecule has 0 aliphatic rings. The molecule has 7 heteroatoms. The number of benzene rings is 1. The summed E-state index contributed by atoms with van der Waals surface area (Å²) in [5, 5.41) is 6.80. The predicted molar refractivity (Wildman–Crippen MR) is 101 cm³/mol. The highest BCUT2D eigenvalue weighted by Gasteiger charge is 2.13. The second-order valence-electron chi connectivity index (χ2n) is 5.50. The third-order valence-electron chi connectivity index (χ3n) is 3.73. The average molecular weight is 369 g/mol. The van der Waals surface area contributed by atoms with Crippen LogP contribution in [-0.2, 0) is 11.2 Å². The number of aromatic nitrogens is 3. The Kier molecular flexibility index (Phi) is 4.21. The van der Waals surface area contributed by atoms with E-state index in [9.17, 15) is 4.79 Å². The Morgan fingerprint density at radius 1 is 1.28 bits per heavy atom. The summed E-state index contributed by atoms with van der Waals surface area (Å²) in [6.07, 6.45) is 3.77. The molecule has 0 aliphatic heterocycles. The molecule has 1 amide bonds. The van der Waals surface area contributed by atoms with Crippen LogP contribution in [0.3, 0.4) is 0 Å². The van der Waals surface area contributed by atoms with Crippen molar-refractivity contribution in [2.45, 2.75) is 6.42 Å². The molecule has 2 N–H and O–H groups in total. The van der Waals surface area contributed by atoms with Crippen molar-refractivity contribution in [1.82, 2.24) is 15.0 Å². The van der Waals surface area contributed by atoms with Crippen LogP contribution in [0.2, 0.25) is 5.02 Å². The van der Waals surface area contributed by atoms with E-state index < -0.39 is 0 Å². The summed E-state index contributed by atoms with van der Waals surface area (Å²) >= 11 is 7.42. The number of carbonyl (C=O) groups excluding carboxylic acids is 1. The fraction of sp³-hybridized carbons (Fsp3) is 0.0556. The minimum atomic E-state index is -0.0873. The highest BCUT2D eigenvalue weighted by atomic mass is 35.5. The molecule has 3 aromatic heterocycles. The number of nitrogens with one attached hydrogen (secondary N) is 2. The third-order valence-corrected chi connectivity index (χ3v) is 4.70. The average Bonchev–Trinajstić information content (AvgIpc) is 3.22. The highest BCUT2D eigenvalue weighted by Crippen LogP contribution is 2.31. The van der Waals surface area contributed by atoms with Crippen LogP contribution in [0, 0.1) is 0 Å². The van der Waals surface area contributed by atoms with Gasteiger partial charge in [0, 0.05) is 28.7 Å². The Hall–Kier alpha value is -2.70. The van der Waals surface area contributed by atoms with Gasteiger partial charge in [-0.1, -0.05) is 41.9 Å². The summed E-state index contributed by atoms with van der Waals surface area (Å²) in [4.78, 5) is 24.0. The fourth-order valence-electron chi connectivity index (χ4n) is 2.59. The number of fused-ring (bicyclic) bond motifs is 1. The lowest BCUT2D eigenvalue weighted by Crippen LogP contribution is -2.14. The van der Waals surface area contributed by atoms with Crippen LogP contribution in [0.15, 0.2) is 54.2 Å². The van der Waals surface area contributed by atoms with E-state index >= 15 is 0 Å². The maximum atomic E-state index is 12.2. The molecule has 124 valence electrons. The van der Waals surface area contributed by atoms with Gasteiger partial charge < -0.3 is 10.3 Å². The zero-order valence-corrected chi connectivity index (χ0v) is 14.6. The Balaban J connectivity index is 1.53. The smallest absolute Gasteiger partial charge is 0.230 e. The lowest BCUT2D eigenvalue weighted by molar-refractivity contribution is -0.115. The van der Waals surface area contributed by atoms with Gasteiger partial charge in [0.2, 0.25) is 5.91 Å². The molecule has 0 atom stereocenters. The van der Waals surface area contributed by atoms with Crippen molar-refractivity contribution in [2.24, 2.45) is 0 Å². The summed E-state index contributed by atoms with van der Waals surface area (Å²) < 4.78 is 0. The van der Waals surface area contributed by atoms with Crippen molar-refractivity contribution < 1.29 is 4.79 Å². The van der Waals surface area contributed by atoms with Gasteiger partial charge in [-0.2, -0.15) is 0 Å². The highest BCUT2D eigenvalue weighted by molar-refractivity contribution is 7.14. The third kappa shape index (κ3) is 3.40. The summed E-state index contributed by atoms with van der Waals surface area (Å²) in [7, 11) is 0. The molecule has 0 aliphatic carbocycles. The molecule has 0 spiro atoms. The number of anilines is 1. The zero-order valence-electron chi connectivity index (χ0n) is 13.0. The number of hydrogen-bond donors (Lipinski definition) is 2. The van der Waals surface area contributed by atoms with Crippen LogP contribution in [-0.4, -0.2) is 20.9 Å². The number of nitrogens with zero attached hydrogens (tertiary/aromatic N) is 2. The van der Waals surface area contributed by atoms with Gasteiger partial charge in [-0.3, -0.25) is 4.79 Å². The molecule has 5 nitrogen and oxygen atoms in total. The summed E-state index contributed by atoms with van der Waals surface area (Å²) in [5.74, 6) is -0.0873. The van der Waals surface area contributed by atoms with Crippen molar-refractivity contribution in [3.8, 4) is 11.3 Å². The van der Waals surface area contributed by atoms with Gasteiger partial charge in [-0.05, 0) is 11.6 Å². The lowest BCUT2D eigenvalue weighted by Gasteiger charge is -2.01. The number of halogens is 1. The molecule has 0 bridgehead atoms. The van der Waals surface area contributed by atoms with Crippen molar-refractivity contribution in [3.63, 3.8) is 0 Å². The number of amides is 1. The molecule has 4 rings (SSSR count). The number of rotatable bonds is 4. The van der Waals surface area contributed by atoms with E-state index in [1.165, 1.54) is 11.3 Å². The molecule has 1 aromatic carbocycles. The SMILES string of the molecule is O=C(Cc1ccccc1)Nc1nc(-c2c[nH]c3ncc(Cl)cc23)cs1. The van der Waals surface area contributed by atoms with Gasteiger partial charge in [-0.15, -0.1) is 11.3 Å². The molecule has 4 aromatic rings. The van der Waals surface area contributed by atoms with E-state index in [1.807, 2.05) is 48.0 Å². The van der Waals surface area contributed by atoms with Gasteiger partial charge in [0.15, 0.2) is 5.13 Å².